The first-order valence-corrected chi connectivity index (χ1v) is 7.62. The van der Waals surface area contributed by atoms with E-state index in [-0.39, 0.29) is 19.2 Å². The summed E-state index contributed by atoms with van der Waals surface area (Å²) in [6.45, 7) is 0.928. The summed E-state index contributed by atoms with van der Waals surface area (Å²) >= 11 is 6.07. The van der Waals surface area contributed by atoms with Gasteiger partial charge in [0.1, 0.15) is 0 Å². The SMILES string of the molecule is COCCN(CCO)C(=O)Nc1ccc(Cl)cc1-n1cccc1. The van der Waals surface area contributed by atoms with Crippen LogP contribution in [-0.4, -0.2) is 54.0 Å². The van der Waals surface area contributed by atoms with Gasteiger partial charge < -0.3 is 24.6 Å². The molecular formula is C16H20ClN3O3. The number of halogens is 1. The summed E-state index contributed by atoms with van der Waals surface area (Å²) in [6, 6.07) is 8.74. The van der Waals surface area contributed by atoms with E-state index in [1.165, 1.54) is 4.90 Å². The molecule has 7 heteroatoms. The van der Waals surface area contributed by atoms with Crippen molar-refractivity contribution < 1.29 is 14.6 Å². The first-order chi connectivity index (χ1) is 11.2. The number of carbonyl (C=O) groups excluding carboxylic acids is 1. The quantitative estimate of drug-likeness (QED) is 0.816. The molecule has 0 saturated heterocycles. The zero-order valence-electron chi connectivity index (χ0n) is 12.9. The lowest BCUT2D eigenvalue weighted by molar-refractivity contribution is 0.142. The van der Waals surface area contributed by atoms with Crippen molar-refractivity contribution in [1.82, 2.24) is 9.47 Å². The van der Waals surface area contributed by atoms with Crippen LogP contribution in [0.4, 0.5) is 10.5 Å². The molecule has 2 rings (SSSR count). The van der Waals surface area contributed by atoms with Gasteiger partial charge in [0.05, 0.1) is 24.6 Å². The van der Waals surface area contributed by atoms with Gasteiger partial charge in [-0.15, -0.1) is 0 Å². The van der Waals surface area contributed by atoms with Crippen molar-refractivity contribution in [2.45, 2.75) is 0 Å². The van der Waals surface area contributed by atoms with Crippen LogP contribution < -0.4 is 5.32 Å². The van der Waals surface area contributed by atoms with E-state index >= 15 is 0 Å². The maximum absolute atomic E-state index is 12.4. The second-order valence-corrected chi connectivity index (χ2v) is 5.32. The van der Waals surface area contributed by atoms with Crippen molar-refractivity contribution in [1.29, 1.82) is 0 Å². The number of aliphatic hydroxyl groups is 1. The van der Waals surface area contributed by atoms with Gasteiger partial charge in [0.15, 0.2) is 0 Å². The monoisotopic (exact) mass is 337 g/mol. The average molecular weight is 338 g/mol. The zero-order valence-corrected chi connectivity index (χ0v) is 13.7. The number of benzene rings is 1. The molecule has 1 aromatic heterocycles. The molecule has 2 aromatic rings. The first kappa shape index (κ1) is 17.3. The molecule has 0 radical (unpaired) electrons. The van der Waals surface area contributed by atoms with Gasteiger partial charge in [-0.25, -0.2) is 4.79 Å². The molecule has 124 valence electrons. The molecule has 23 heavy (non-hydrogen) atoms. The van der Waals surface area contributed by atoms with E-state index in [1.54, 1.807) is 25.3 Å². The van der Waals surface area contributed by atoms with Crippen LogP contribution in [0.25, 0.3) is 5.69 Å². The highest BCUT2D eigenvalue weighted by Gasteiger charge is 2.15. The normalized spacial score (nSPS) is 10.6. The van der Waals surface area contributed by atoms with E-state index in [0.717, 1.165) is 5.69 Å². The molecule has 0 fully saturated rings. The summed E-state index contributed by atoms with van der Waals surface area (Å²) in [5.74, 6) is 0. The van der Waals surface area contributed by atoms with Gasteiger partial charge in [-0.1, -0.05) is 11.6 Å². The molecule has 0 bridgehead atoms. The number of methoxy groups -OCH3 is 1. The summed E-state index contributed by atoms with van der Waals surface area (Å²) in [6.07, 6.45) is 3.75. The number of nitrogens with one attached hydrogen (secondary N) is 1. The van der Waals surface area contributed by atoms with Gasteiger partial charge in [-0.3, -0.25) is 0 Å². The Labute approximate surface area is 140 Å². The molecule has 0 aliphatic rings. The highest BCUT2D eigenvalue weighted by molar-refractivity contribution is 6.30. The smallest absolute Gasteiger partial charge is 0.322 e. The highest BCUT2D eigenvalue weighted by Crippen LogP contribution is 2.25. The van der Waals surface area contributed by atoms with E-state index in [4.69, 9.17) is 21.4 Å². The number of carbonyl (C=O) groups is 1. The number of hydrogen-bond donors (Lipinski definition) is 2. The fourth-order valence-electron chi connectivity index (χ4n) is 2.15. The second-order valence-electron chi connectivity index (χ2n) is 4.89. The van der Waals surface area contributed by atoms with Crippen LogP contribution in [0.2, 0.25) is 5.02 Å². The first-order valence-electron chi connectivity index (χ1n) is 7.24. The van der Waals surface area contributed by atoms with Gasteiger partial charge in [-0.05, 0) is 30.3 Å². The number of urea groups is 1. The molecule has 0 aliphatic carbocycles. The van der Waals surface area contributed by atoms with Crippen LogP contribution in [0.1, 0.15) is 0 Å². The summed E-state index contributed by atoms with van der Waals surface area (Å²) in [5, 5.41) is 12.6. The van der Waals surface area contributed by atoms with E-state index in [0.29, 0.717) is 23.9 Å². The number of aromatic nitrogens is 1. The number of aliphatic hydroxyl groups excluding tert-OH is 1. The van der Waals surface area contributed by atoms with Crippen LogP contribution in [0.5, 0.6) is 0 Å². The van der Waals surface area contributed by atoms with Gasteiger partial charge in [0.25, 0.3) is 0 Å². The van der Waals surface area contributed by atoms with Crippen LogP contribution >= 0.6 is 11.6 Å². The Bertz CT molecular complexity index is 632. The molecule has 1 heterocycles. The Hall–Kier alpha value is -2.02. The van der Waals surface area contributed by atoms with Crippen LogP contribution in [-0.2, 0) is 4.74 Å². The van der Waals surface area contributed by atoms with Crippen molar-refractivity contribution in [2.24, 2.45) is 0 Å². The lowest BCUT2D eigenvalue weighted by Crippen LogP contribution is -2.39. The molecule has 0 aliphatic heterocycles. The number of anilines is 1. The minimum Gasteiger partial charge on any atom is -0.395 e. The third kappa shape index (κ3) is 4.72. The fourth-order valence-corrected chi connectivity index (χ4v) is 2.32. The third-order valence-corrected chi connectivity index (χ3v) is 3.54. The molecule has 0 unspecified atom stereocenters. The number of amides is 2. The predicted octanol–water partition coefficient (Wildman–Crippen LogP) is 2.60. The third-order valence-electron chi connectivity index (χ3n) is 3.31. The number of ether oxygens (including phenoxy) is 1. The standard InChI is InChI=1S/C16H20ClN3O3/c1-23-11-9-20(8-10-21)16(22)18-14-5-4-13(17)12-15(14)19-6-2-3-7-19/h2-7,12,21H,8-11H2,1H3,(H,18,22). The van der Waals surface area contributed by atoms with Crippen molar-refractivity contribution >= 4 is 23.3 Å². The minimum absolute atomic E-state index is 0.109. The van der Waals surface area contributed by atoms with Gasteiger partial charge in [-0.2, -0.15) is 0 Å². The van der Waals surface area contributed by atoms with Crippen molar-refractivity contribution in [3.8, 4) is 5.69 Å². The Morgan fingerprint density at radius 2 is 2.09 bits per heavy atom. The fraction of sp³-hybridized carbons (Fsp3) is 0.312. The maximum atomic E-state index is 12.4. The predicted molar refractivity (Wildman–Crippen MR) is 90.3 cm³/mol. The van der Waals surface area contributed by atoms with Crippen LogP contribution in [0, 0.1) is 0 Å². The van der Waals surface area contributed by atoms with Crippen LogP contribution in [0.3, 0.4) is 0 Å². The Kier molecular flexibility index (Phi) is 6.46. The van der Waals surface area contributed by atoms with E-state index in [9.17, 15) is 4.79 Å². The molecule has 0 atom stereocenters. The number of nitrogens with zero attached hydrogens (tertiary/aromatic N) is 2. The summed E-state index contributed by atoms with van der Waals surface area (Å²) < 4.78 is 6.86. The van der Waals surface area contributed by atoms with Crippen molar-refractivity contribution in [3.05, 3.63) is 47.7 Å². The van der Waals surface area contributed by atoms with Gasteiger partial charge in [0.2, 0.25) is 0 Å². The summed E-state index contributed by atoms with van der Waals surface area (Å²) in [7, 11) is 1.57. The van der Waals surface area contributed by atoms with Crippen molar-refractivity contribution in [3.63, 3.8) is 0 Å². The van der Waals surface area contributed by atoms with E-state index in [1.807, 2.05) is 29.1 Å². The largest absolute Gasteiger partial charge is 0.395 e. The minimum atomic E-state index is -0.299. The molecule has 0 spiro atoms. The molecule has 1 aromatic carbocycles. The summed E-state index contributed by atoms with van der Waals surface area (Å²) in [4.78, 5) is 13.9. The molecule has 2 N–H and O–H groups in total. The molecular weight excluding hydrogens is 318 g/mol. The van der Waals surface area contributed by atoms with Crippen molar-refractivity contribution in [2.75, 3.05) is 38.7 Å². The molecule has 2 amide bonds. The van der Waals surface area contributed by atoms with Gasteiger partial charge >= 0.3 is 6.03 Å². The molecule has 0 saturated carbocycles. The number of hydrogen-bond acceptors (Lipinski definition) is 3. The highest BCUT2D eigenvalue weighted by atomic mass is 35.5. The Balaban J connectivity index is 2.20. The summed E-state index contributed by atoms with van der Waals surface area (Å²) in [5.41, 5.74) is 1.41. The lowest BCUT2D eigenvalue weighted by atomic mass is 10.2. The molecule has 6 nitrogen and oxygen atoms in total. The van der Waals surface area contributed by atoms with E-state index < -0.39 is 0 Å². The van der Waals surface area contributed by atoms with Gasteiger partial charge in [0, 0.05) is 37.6 Å². The van der Waals surface area contributed by atoms with Crippen LogP contribution in [0.15, 0.2) is 42.7 Å². The second kappa shape index (κ2) is 8.57. The Morgan fingerprint density at radius 1 is 1.35 bits per heavy atom. The maximum Gasteiger partial charge on any atom is 0.322 e. The topological polar surface area (TPSA) is 66.7 Å². The lowest BCUT2D eigenvalue weighted by Gasteiger charge is -2.23. The van der Waals surface area contributed by atoms with E-state index in [2.05, 4.69) is 5.32 Å². The Morgan fingerprint density at radius 3 is 2.74 bits per heavy atom. The zero-order chi connectivity index (χ0) is 16.7. The number of rotatable bonds is 7. The average Bonchev–Trinajstić information content (AvgIpc) is 3.07.